The zero-order valence-electron chi connectivity index (χ0n) is 10.4. The highest BCUT2D eigenvalue weighted by molar-refractivity contribution is 7.86. The Morgan fingerprint density at radius 1 is 1.05 bits per heavy atom. The highest BCUT2D eigenvalue weighted by Crippen LogP contribution is 2.42. The van der Waals surface area contributed by atoms with Crippen molar-refractivity contribution in [1.29, 1.82) is 0 Å². The van der Waals surface area contributed by atoms with Gasteiger partial charge >= 0.3 is 0 Å². The molecule has 1 heterocycles. The van der Waals surface area contributed by atoms with Gasteiger partial charge in [0.05, 0.1) is 11.4 Å². The number of hydrogen-bond acceptors (Lipinski definition) is 5. The topological polar surface area (TPSA) is 119 Å². The monoisotopic (exact) mass is 369 g/mol. The summed E-state index contributed by atoms with van der Waals surface area (Å²) in [5.41, 5.74) is 9.87. The smallest absolute Gasteiger partial charge is 0.296 e. The number of rotatable bonds is 2. The van der Waals surface area contributed by atoms with Gasteiger partial charge in [0.15, 0.2) is 0 Å². The minimum absolute atomic E-state index is 0.111. The van der Waals surface area contributed by atoms with Crippen LogP contribution in [0, 0.1) is 11.9 Å². The number of nitrogens with zero attached hydrogens (tertiary/aromatic N) is 1. The lowest BCUT2D eigenvalue weighted by Crippen LogP contribution is -2.07. The van der Waals surface area contributed by atoms with Gasteiger partial charge in [-0.25, -0.2) is 0 Å². The Bertz CT molecular complexity index is 865. The lowest BCUT2D eigenvalue weighted by Gasteiger charge is -2.14. The van der Waals surface area contributed by atoms with E-state index < -0.39 is 42.6 Å². The minimum Gasteiger partial charge on any atom is -0.397 e. The fourth-order valence-corrected chi connectivity index (χ4v) is 2.94. The summed E-state index contributed by atoms with van der Waals surface area (Å²) in [7, 11) is -4.62. The summed E-state index contributed by atoms with van der Waals surface area (Å²) in [6, 6.07) is 1.96. The molecule has 0 unspecified atom stereocenters. The zero-order chi connectivity index (χ0) is 16.8. The predicted molar refractivity (Wildman–Crippen MR) is 78.2 cm³/mol. The van der Waals surface area contributed by atoms with Crippen LogP contribution in [-0.2, 0) is 10.1 Å². The highest BCUT2D eigenvalue weighted by Gasteiger charge is 2.24. The number of benzene rings is 1. The molecule has 0 amide bonds. The molecule has 2 rings (SSSR count). The summed E-state index contributed by atoms with van der Waals surface area (Å²) in [6.45, 7) is 0. The van der Waals surface area contributed by atoms with E-state index in [0.717, 1.165) is 12.1 Å². The van der Waals surface area contributed by atoms with Gasteiger partial charge in [0.25, 0.3) is 10.1 Å². The molecule has 0 fully saturated rings. The van der Waals surface area contributed by atoms with Crippen molar-refractivity contribution in [2.24, 2.45) is 0 Å². The molecule has 0 bridgehead atoms. The van der Waals surface area contributed by atoms with Gasteiger partial charge in [-0.3, -0.25) is 4.55 Å². The number of hydrogen-bond donors (Lipinski definition) is 3. The number of nitrogens with two attached hydrogens (primary N) is 2. The van der Waals surface area contributed by atoms with Gasteiger partial charge in [-0.1, -0.05) is 29.3 Å². The van der Waals surface area contributed by atoms with Crippen molar-refractivity contribution in [3.05, 3.63) is 34.1 Å². The lowest BCUT2D eigenvalue weighted by molar-refractivity contribution is 0.483. The van der Waals surface area contributed by atoms with Crippen molar-refractivity contribution < 1.29 is 21.8 Å². The fourth-order valence-electron chi connectivity index (χ4n) is 1.78. The molecular weight excluding hydrogens is 363 g/mol. The maximum atomic E-state index is 13.5. The van der Waals surface area contributed by atoms with Crippen LogP contribution in [0.15, 0.2) is 17.0 Å². The predicted octanol–water partition coefficient (Wildman–Crippen LogP) is 2.74. The number of nitrogen functional groups attached to an aromatic ring is 2. The highest BCUT2D eigenvalue weighted by atomic mass is 35.5. The maximum Gasteiger partial charge on any atom is 0.296 e. The van der Waals surface area contributed by atoms with E-state index in [0.29, 0.717) is 0 Å². The summed E-state index contributed by atoms with van der Waals surface area (Å²) in [4.78, 5) is 2.21. The molecule has 22 heavy (non-hydrogen) atoms. The SMILES string of the molecule is Nc1c(-c2c(Cl)c(F)nc(F)c2Cl)ccc(S(=O)(=O)O)c1N. The third kappa shape index (κ3) is 2.68. The van der Waals surface area contributed by atoms with Gasteiger partial charge < -0.3 is 11.5 Å². The number of pyridine rings is 1. The van der Waals surface area contributed by atoms with Gasteiger partial charge in [0.2, 0.25) is 11.9 Å². The van der Waals surface area contributed by atoms with Gasteiger partial charge in [-0.2, -0.15) is 22.2 Å². The van der Waals surface area contributed by atoms with Crippen molar-refractivity contribution >= 4 is 44.7 Å². The summed E-state index contributed by atoms with van der Waals surface area (Å²) in [6.07, 6.45) is 0. The Labute approximate surface area is 133 Å². The molecular formula is C11H7Cl2F2N3O3S. The molecule has 0 aliphatic heterocycles. The average molecular weight is 370 g/mol. The van der Waals surface area contributed by atoms with Crippen LogP contribution in [0.1, 0.15) is 0 Å². The van der Waals surface area contributed by atoms with E-state index >= 15 is 0 Å². The quantitative estimate of drug-likeness (QED) is 0.425. The third-order valence-electron chi connectivity index (χ3n) is 2.79. The molecule has 0 spiro atoms. The van der Waals surface area contributed by atoms with Crippen molar-refractivity contribution in [3.8, 4) is 11.1 Å². The van der Waals surface area contributed by atoms with Crippen LogP contribution in [0.3, 0.4) is 0 Å². The average Bonchev–Trinajstić information content (AvgIpc) is 2.40. The number of anilines is 2. The van der Waals surface area contributed by atoms with Crippen molar-refractivity contribution in [3.63, 3.8) is 0 Å². The first kappa shape index (κ1) is 16.7. The first-order valence-corrected chi connectivity index (χ1v) is 7.61. The van der Waals surface area contributed by atoms with E-state index in [1.165, 1.54) is 0 Å². The van der Waals surface area contributed by atoms with E-state index in [-0.39, 0.29) is 16.8 Å². The Balaban J connectivity index is 2.85. The second kappa shape index (κ2) is 5.51. The minimum atomic E-state index is -4.62. The van der Waals surface area contributed by atoms with Crippen LogP contribution in [0.4, 0.5) is 20.2 Å². The summed E-state index contributed by atoms with van der Waals surface area (Å²) < 4.78 is 58.2. The number of halogens is 4. The van der Waals surface area contributed by atoms with Crippen molar-refractivity contribution in [2.45, 2.75) is 4.90 Å². The molecule has 0 radical (unpaired) electrons. The molecule has 0 atom stereocenters. The largest absolute Gasteiger partial charge is 0.397 e. The molecule has 0 aliphatic rings. The molecule has 0 saturated carbocycles. The van der Waals surface area contributed by atoms with E-state index in [9.17, 15) is 17.2 Å². The first-order chi connectivity index (χ1) is 10.1. The summed E-state index contributed by atoms with van der Waals surface area (Å²) >= 11 is 11.4. The molecule has 1 aromatic heterocycles. The molecule has 11 heteroatoms. The Kier molecular flexibility index (Phi) is 4.18. The normalized spacial score (nSPS) is 11.7. The molecule has 5 N–H and O–H groups in total. The van der Waals surface area contributed by atoms with Gasteiger partial charge in [0, 0.05) is 11.1 Å². The zero-order valence-corrected chi connectivity index (χ0v) is 12.8. The maximum absolute atomic E-state index is 13.5. The van der Waals surface area contributed by atoms with Crippen LogP contribution in [0.25, 0.3) is 11.1 Å². The van der Waals surface area contributed by atoms with Crippen LogP contribution in [0.5, 0.6) is 0 Å². The summed E-state index contributed by atoms with van der Waals surface area (Å²) in [5.74, 6) is -2.65. The molecule has 6 nitrogen and oxygen atoms in total. The summed E-state index contributed by atoms with van der Waals surface area (Å²) in [5, 5.41) is -1.23. The first-order valence-electron chi connectivity index (χ1n) is 5.41. The van der Waals surface area contributed by atoms with Crippen molar-refractivity contribution in [2.75, 3.05) is 11.5 Å². The number of aromatic nitrogens is 1. The lowest BCUT2D eigenvalue weighted by atomic mass is 10.0. The molecule has 2 aromatic rings. The van der Waals surface area contributed by atoms with Crippen LogP contribution < -0.4 is 11.5 Å². The van der Waals surface area contributed by atoms with E-state index in [1.54, 1.807) is 0 Å². The standard InChI is InChI=1S/C11H7Cl2F2N3O3S/c12-6-5(7(13)11(15)18-10(6)14)3-1-2-4(22(19,20)21)9(17)8(3)16/h1-2H,16-17H2,(H,19,20,21). The van der Waals surface area contributed by atoms with E-state index in [4.69, 9.17) is 39.2 Å². The van der Waals surface area contributed by atoms with Crippen LogP contribution >= 0.6 is 23.2 Å². The molecule has 118 valence electrons. The third-order valence-corrected chi connectivity index (χ3v) is 4.39. The molecule has 0 saturated heterocycles. The fraction of sp³-hybridized carbons (Fsp3) is 0. The second-order valence-electron chi connectivity index (χ2n) is 4.11. The van der Waals surface area contributed by atoms with Gasteiger partial charge in [-0.15, -0.1) is 0 Å². The molecule has 1 aromatic carbocycles. The Morgan fingerprint density at radius 3 is 2.00 bits per heavy atom. The Morgan fingerprint density at radius 2 is 1.55 bits per heavy atom. The Hall–Kier alpha value is -1.68. The van der Waals surface area contributed by atoms with Crippen LogP contribution in [0.2, 0.25) is 10.0 Å². The van der Waals surface area contributed by atoms with Crippen molar-refractivity contribution in [1.82, 2.24) is 4.98 Å². The van der Waals surface area contributed by atoms with E-state index in [2.05, 4.69) is 4.98 Å². The second-order valence-corrected chi connectivity index (χ2v) is 6.26. The van der Waals surface area contributed by atoms with Gasteiger partial charge in [0.1, 0.15) is 14.9 Å². The van der Waals surface area contributed by atoms with Crippen LogP contribution in [-0.4, -0.2) is 18.0 Å². The van der Waals surface area contributed by atoms with E-state index in [1.807, 2.05) is 0 Å². The van der Waals surface area contributed by atoms with Gasteiger partial charge in [-0.05, 0) is 6.07 Å². The molecule has 0 aliphatic carbocycles.